The molecule has 0 fully saturated rings. The molecular formula is C31H37ClN4O7S. The zero-order valence-corrected chi connectivity index (χ0v) is 26.9. The Kier molecular flexibility index (Phi) is 11.7. The number of benzene rings is 3. The number of hydrogen-bond donors (Lipinski definition) is 1. The first-order valence-corrected chi connectivity index (χ1v) is 15.9. The van der Waals surface area contributed by atoms with Crippen molar-refractivity contribution in [2.24, 2.45) is 0 Å². The van der Waals surface area contributed by atoms with Gasteiger partial charge in [-0.3, -0.25) is 24.0 Å². The molecule has 0 radical (unpaired) electrons. The number of nitro benzene ring substituents is 1. The number of ether oxygens (including phenoxy) is 1. The summed E-state index contributed by atoms with van der Waals surface area (Å²) in [6.45, 7) is 6.38. The van der Waals surface area contributed by atoms with Crippen molar-refractivity contribution in [1.29, 1.82) is 0 Å². The molecule has 0 aliphatic heterocycles. The van der Waals surface area contributed by atoms with Crippen molar-refractivity contribution in [3.05, 3.63) is 93.0 Å². The maximum absolute atomic E-state index is 14.2. The van der Waals surface area contributed by atoms with Gasteiger partial charge in [-0.25, -0.2) is 8.42 Å². The highest BCUT2D eigenvalue weighted by Gasteiger charge is 2.34. The smallest absolute Gasteiger partial charge is 0.273 e. The van der Waals surface area contributed by atoms with Gasteiger partial charge in [-0.15, -0.1) is 0 Å². The number of carbonyl (C=O) groups is 2. The van der Waals surface area contributed by atoms with Crippen molar-refractivity contribution in [2.75, 3.05) is 18.0 Å². The summed E-state index contributed by atoms with van der Waals surface area (Å²) in [5.41, 5.74) is 0.731. The zero-order chi connectivity index (χ0) is 32.6. The van der Waals surface area contributed by atoms with E-state index in [2.05, 4.69) is 5.32 Å². The molecule has 0 saturated heterocycles. The molecule has 0 spiro atoms. The fraction of sp³-hybridized carbons (Fsp3) is 0.355. The summed E-state index contributed by atoms with van der Waals surface area (Å²) in [7, 11) is -3.05. The Bertz CT molecular complexity index is 1580. The van der Waals surface area contributed by atoms with Crippen LogP contribution in [0.5, 0.6) is 5.75 Å². The number of sulfonamides is 1. The fourth-order valence-electron chi connectivity index (χ4n) is 4.50. The Morgan fingerprint density at radius 1 is 1.02 bits per heavy atom. The van der Waals surface area contributed by atoms with Crippen LogP contribution >= 0.6 is 11.6 Å². The van der Waals surface area contributed by atoms with Crippen LogP contribution in [-0.2, 0) is 26.2 Å². The van der Waals surface area contributed by atoms with Crippen molar-refractivity contribution >= 4 is 44.8 Å². The Balaban J connectivity index is 2.11. The standard InChI is InChI=1S/C31H37ClN4O7S/c1-6-22(4)33-31(38)28(7-2)34(19-23-9-11-24(32)12-10-23)30(37)20-35(25-13-15-26(43-5)16-14-25)44(41,42)27-17-8-21(3)29(18-27)36(39)40/h8-18,22,28H,6-7,19-20H2,1-5H3,(H,33,38)/t22-,28-/m0/s1. The SMILES string of the molecule is CC[C@H](C)NC(=O)[C@H](CC)N(Cc1ccc(Cl)cc1)C(=O)CN(c1ccc(OC)cc1)S(=O)(=O)c1ccc(C)c([N+](=O)[O-])c1. The second-order valence-corrected chi connectivity index (χ2v) is 12.6. The number of hydrogen-bond acceptors (Lipinski definition) is 7. The lowest BCUT2D eigenvalue weighted by molar-refractivity contribution is -0.385. The minimum atomic E-state index is -4.51. The first kappa shape index (κ1) is 34.3. The second-order valence-electron chi connectivity index (χ2n) is 10.3. The quantitative estimate of drug-likeness (QED) is 0.181. The van der Waals surface area contributed by atoms with Gasteiger partial charge < -0.3 is 15.0 Å². The number of carbonyl (C=O) groups excluding carboxylic acids is 2. The van der Waals surface area contributed by atoms with Crippen LogP contribution in [0, 0.1) is 17.0 Å². The molecule has 0 bridgehead atoms. The number of nitro groups is 1. The zero-order valence-electron chi connectivity index (χ0n) is 25.3. The molecule has 11 nitrogen and oxygen atoms in total. The monoisotopic (exact) mass is 644 g/mol. The Hall–Kier alpha value is -4.16. The van der Waals surface area contributed by atoms with E-state index in [0.29, 0.717) is 22.8 Å². The Morgan fingerprint density at radius 2 is 1.66 bits per heavy atom. The minimum Gasteiger partial charge on any atom is -0.497 e. The summed E-state index contributed by atoms with van der Waals surface area (Å²) in [5, 5.41) is 15.0. The maximum atomic E-state index is 14.2. The highest BCUT2D eigenvalue weighted by atomic mass is 35.5. The predicted octanol–water partition coefficient (Wildman–Crippen LogP) is 5.48. The minimum absolute atomic E-state index is 0.00887. The summed E-state index contributed by atoms with van der Waals surface area (Å²) in [6, 6.07) is 15.4. The van der Waals surface area contributed by atoms with Gasteiger partial charge >= 0.3 is 0 Å². The number of nitrogens with zero attached hydrogens (tertiary/aromatic N) is 3. The lowest BCUT2D eigenvalue weighted by atomic mass is 10.1. The fourth-order valence-corrected chi connectivity index (χ4v) is 6.06. The first-order chi connectivity index (χ1) is 20.8. The number of aryl methyl sites for hydroxylation is 1. The molecule has 1 N–H and O–H groups in total. The van der Waals surface area contributed by atoms with E-state index in [0.717, 1.165) is 10.4 Å². The lowest BCUT2D eigenvalue weighted by Gasteiger charge is -2.33. The topological polar surface area (TPSA) is 139 Å². The van der Waals surface area contributed by atoms with Gasteiger partial charge in [0.2, 0.25) is 11.8 Å². The number of nitrogens with one attached hydrogen (secondary N) is 1. The van der Waals surface area contributed by atoms with E-state index in [9.17, 15) is 28.1 Å². The normalized spacial score (nSPS) is 12.6. The van der Waals surface area contributed by atoms with Crippen LogP contribution in [-0.4, -0.2) is 55.8 Å². The van der Waals surface area contributed by atoms with Gasteiger partial charge in [-0.2, -0.15) is 0 Å². The molecule has 0 heterocycles. The number of amides is 2. The second kappa shape index (κ2) is 15.0. The molecule has 3 aromatic rings. The van der Waals surface area contributed by atoms with Crippen LogP contribution in [0.15, 0.2) is 71.6 Å². The molecular weight excluding hydrogens is 608 g/mol. The number of anilines is 1. The number of halogens is 1. The predicted molar refractivity (Wildman–Crippen MR) is 169 cm³/mol. The average molecular weight is 645 g/mol. The summed E-state index contributed by atoms with van der Waals surface area (Å²) in [6.07, 6.45) is 0.945. The van der Waals surface area contributed by atoms with Crippen molar-refractivity contribution in [3.8, 4) is 5.75 Å². The molecule has 0 saturated carbocycles. The van der Waals surface area contributed by atoms with Crippen LogP contribution in [0.25, 0.3) is 0 Å². The first-order valence-electron chi connectivity index (χ1n) is 14.1. The maximum Gasteiger partial charge on any atom is 0.273 e. The van der Waals surface area contributed by atoms with Crippen molar-refractivity contribution in [3.63, 3.8) is 0 Å². The van der Waals surface area contributed by atoms with Crippen LogP contribution in [0.1, 0.15) is 44.7 Å². The van der Waals surface area contributed by atoms with E-state index in [1.807, 2.05) is 13.8 Å². The third-order valence-electron chi connectivity index (χ3n) is 7.26. The van der Waals surface area contributed by atoms with Crippen molar-refractivity contribution in [2.45, 2.75) is 64.1 Å². The molecule has 13 heteroatoms. The van der Waals surface area contributed by atoms with Gasteiger partial charge in [-0.05, 0) is 74.7 Å². The molecule has 2 amide bonds. The third-order valence-corrected chi connectivity index (χ3v) is 9.28. The van der Waals surface area contributed by atoms with Gasteiger partial charge in [0.25, 0.3) is 15.7 Å². The molecule has 44 heavy (non-hydrogen) atoms. The molecule has 0 aliphatic carbocycles. The van der Waals surface area contributed by atoms with Crippen molar-refractivity contribution < 1.29 is 27.7 Å². The lowest BCUT2D eigenvalue weighted by Crippen LogP contribution is -2.53. The molecule has 0 unspecified atom stereocenters. The molecule has 0 aromatic heterocycles. The number of methoxy groups -OCH3 is 1. The largest absolute Gasteiger partial charge is 0.497 e. The number of rotatable bonds is 14. The molecule has 3 rings (SSSR count). The highest BCUT2D eigenvalue weighted by Crippen LogP contribution is 2.29. The van der Waals surface area contributed by atoms with E-state index in [1.165, 1.54) is 43.2 Å². The van der Waals surface area contributed by atoms with E-state index in [-0.39, 0.29) is 46.7 Å². The third kappa shape index (κ3) is 8.26. The van der Waals surface area contributed by atoms with Gasteiger partial charge in [0.05, 0.1) is 22.6 Å². The van der Waals surface area contributed by atoms with Gasteiger partial charge in [0.1, 0.15) is 18.3 Å². The highest BCUT2D eigenvalue weighted by molar-refractivity contribution is 7.92. The van der Waals surface area contributed by atoms with E-state index in [1.54, 1.807) is 43.3 Å². The van der Waals surface area contributed by atoms with Crippen LogP contribution in [0.4, 0.5) is 11.4 Å². The molecule has 2 atom stereocenters. The van der Waals surface area contributed by atoms with Gasteiger partial charge in [-0.1, -0.05) is 43.6 Å². The summed E-state index contributed by atoms with van der Waals surface area (Å²) < 4.78 is 34.3. The van der Waals surface area contributed by atoms with Crippen molar-refractivity contribution in [1.82, 2.24) is 10.2 Å². The Morgan fingerprint density at radius 3 is 2.20 bits per heavy atom. The summed E-state index contributed by atoms with van der Waals surface area (Å²) in [4.78, 5) is 39.5. The van der Waals surface area contributed by atoms with E-state index in [4.69, 9.17) is 16.3 Å². The van der Waals surface area contributed by atoms with Crippen LogP contribution in [0.2, 0.25) is 5.02 Å². The summed E-state index contributed by atoms with van der Waals surface area (Å²) >= 11 is 6.06. The molecule has 236 valence electrons. The van der Waals surface area contributed by atoms with E-state index >= 15 is 0 Å². The molecule has 0 aliphatic rings. The molecule has 3 aromatic carbocycles. The van der Waals surface area contributed by atoms with Gasteiger partial charge in [0, 0.05) is 29.2 Å². The van der Waals surface area contributed by atoms with Crippen LogP contribution < -0.4 is 14.4 Å². The Labute approximate surface area is 263 Å². The van der Waals surface area contributed by atoms with Crippen LogP contribution in [0.3, 0.4) is 0 Å². The average Bonchev–Trinajstić information content (AvgIpc) is 3.00. The summed E-state index contributed by atoms with van der Waals surface area (Å²) in [5.74, 6) is -0.551. The van der Waals surface area contributed by atoms with E-state index < -0.39 is 33.4 Å². The van der Waals surface area contributed by atoms with Gasteiger partial charge in [0.15, 0.2) is 0 Å².